The van der Waals surface area contributed by atoms with Crippen LogP contribution in [0.3, 0.4) is 0 Å². The van der Waals surface area contributed by atoms with Crippen LogP contribution < -0.4 is 4.90 Å². The predicted molar refractivity (Wildman–Crippen MR) is 116 cm³/mol. The summed E-state index contributed by atoms with van der Waals surface area (Å²) in [5, 5.41) is 5.23. The lowest BCUT2D eigenvalue weighted by atomic mass is 10.1. The molecule has 0 atom stereocenters. The van der Waals surface area contributed by atoms with E-state index < -0.39 is 8.07 Å². The number of nitrogens with zero attached hydrogens (tertiary/aromatic N) is 4. The maximum atomic E-state index is 6.35. The van der Waals surface area contributed by atoms with Crippen LogP contribution in [0.1, 0.15) is 0 Å². The van der Waals surface area contributed by atoms with E-state index in [2.05, 4.69) is 65.9 Å². The van der Waals surface area contributed by atoms with Gasteiger partial charge in [0, 0.05) is 58.2 Å². The van der Waals surface area contributed by atoms with Gasteiger partial charge in [-0.3, -0.25) is 0 Å². The first-order valence-corrected chi connectivity index (χ1v) is 13.8. The highest BCUT2D eigenvalue weighted by molar-refractivity contribution is 6.76. The molecule has 0 amide bonds. The Kier molecular flexibility index (Phi) is 6.63. The van der Waals surface area contributed by atoms with Crippen molar-refractivity contribution < 1.29 is 4.74 Å². The minimum atomic E-state index is -1.07. The Labute approximate surface area is 168 Å². The maximum absolute atomic E-state index is 6.35. The highest BCUT2D eigenvalue weighted by atomic mass is 35.5. The standard InChI is InChI=1S/C20H31ClN4OSi/c1-23-9-11-24(12-10-23)18-7-5-17(6-8-18)19-15-20(21)25(22-19)16-26-13-14-27(2,3)4/h5-8,15H,9-14,16H2,1-4H3. The van der Waals surface area contributed by atoms with E-state index in [9.17, 15) is 0 Å². The molecular weight excluding hydrogens is 376 g/mol. The molecule has 1 aliphatic rings. The molecule has 1 aromatic heterocycles. The second-order valence-electron chi connectivity index (χ2n) is 8.54. The van der Waals surface area contributed by atoms with Gasteiger partial charge < -0.3 is 14.5 Å². The Balaban J connectivity index is 1.60. The van der Waals surface area contributed by atoms with Crippen molar-refractivity contribution in [3.8, 4) is 11.3 Å². The number of halogens is 1. The third kappa shape index (κ3) is 5.81. The van der Waals surface area contributed by atoms with Crippen LogP contribution in [0.2, 0.25) is 30.8 Å². The number of hydrogen-bond acceptors (Lipinski definition) is 4. The van der Waals surface area contributed by atoms with E-state index in [0.717, 1.165) is 50.1 Å². The molecule has 2 aromatic rings. The summed E-state index contributed by atoms with van der Waals surface area (Å²) in [6.45, 7) is 12.6. The van der Waals surface area contributed by atoms with Crippen LogP contribution in [0.25, 0.3) is 11.3 Å². The summed E-state index contributed by atoms with van der Waals surface area (Å²) < 4.78 is 7.50. The highest BCUT2D eigenvalue weighted by Crippen LogP contribution is 2.25. The molecular formula is C20H31ClN4OSi. The normalized spacial score (nSPS) is 16.1. The molecule has 2 heterocycles. The van der Waals surface area contributed by atoms with Gasteiger partial charge in [0.05, 0.1) is 5.69 Å². The van der Waals surface area contributed by atoms with E-state index in [1.807, 2.05) is 6.07 Å². The number of rotatable bonds is 7. The zero-order chi connectivity index (χ0) is 19.4. The van der Waals surface area contributed by atoms with Crippen LogP contribution in [-0.4, -0.2) is 62.6 Å². The fourth-order valence-corrected chi connectivity index (χ4v) is 4.01. The number of hydrogen-bond donors (Lipinski definition) is 0. The van der Waals surface area contributed by atoms with Crippen LogP contribution in [0, 0.1) is 0 Å². The minimum Gasteiger partial charge on any atom is -0.369 e. The van der Waals surface area contributed by atoms with Gasteiger partial charge in [-0.25, -0.2) is 4.68 Å². The van der Waals surface area contributed by atoms with Crippen molar-refractivity contribution in [1.82, 2.24) is 14.7 Å². The first kappa shape index (κ1) is 20.4. The van der Waals surface area contributed by atoms with Crippen molar-refractivity contribution in [3.63, 3.8) is 0 Å². The van der Waals surface area contributed by atoms with Crippen LogP contribution >= 0.6 is 11.6 Å². The SMILES string of the molecule is CN1CCN(c2ccc(-c3cc(Cl)n(COCC[Si](C)(C)C)n3)cc2)CC1. The van der Waals surface area contributed by atoms with Crippen molar-refractivity contribution in [2.75, 3.05) is 44.7 Å². The van der Waals surface area contributed by atoms with Gasteiger partial charge in [-0.05, 0) is 25.2 Å². The Morgan fingerprint density at radius 3 is 2.37 bits per heavy atom. The number of anilines is 1. The lowest BCUT2D eigenvalue weighted by molar-refractivity contribution is 0.0789. The van der Waals surface area contributed by atoms with Crippen molar-refractivity contribution in [3.05, 3.63) is 35.5 Å². The minimum absolute atomic E-state index is 0.405. The van der Waals surface area contributed by atoms with Crippen molar-refractivity contribution in [2.24, 2.45) is 0 Å². The molecule has 0 saturated carbocycles. The summed E-state index contributed by atoms with van der Waals surface area (Å²) in [7, 11) is 1.10. The topological polar surface area (TPSA) is 33.5 Å². The van der Waals surface area contributed by atoms with Crippen molar-refractivity contribution in [2.45, 2.75) is 32.4 Å². The lowest BCUT2D eigenvalue weighted by Gasteiger charge is -2.34. The van der Waals surface area contributed by atoms with Gasteiger partial charge >= 0.3 is 0 Å². The smallest absolute Gasteiger partial charge is 0.141 e. The molecule has 0 unspecified atom stereocenters. The Bertz CT molecular complexity index is 733. The largest absolute Gasteiger partial charge is 0.369 e. The quantitative estimate of drug-likeness (QED) is 0.508. The van der Waals surface area contributed by atoms with Crippen LogP contribution in [0.5, 0.6) is 0 Å². The van der Waals surface area contributed by atoms with Gasteiger partial charge in [0.1, 0.15) is 11.9 Å². The van der Waals surface area contributed by atoms with Gasteiger partial charge in [0.2, 0.25) is 0 Å². The number of aromatic nitrogens is 2. The molecule has 0 bridgehead atoms. The molecule has 5 nitrogen and oxygen atoms in total. The summed E-state index contributed by atoms with van der Waals surface area (Å²) in [5.41, 5.74) is 3.24. The van der Waals surface area contributed by atoms with Gasteiger partial charge in [0.25, 0.3) is 0 Å². The monoisotopic (exact) mass is 406 g/mol. The van der Waals surface area contributed by atoms with E-state index in [0.29, 0.717) is 11.9 Å². The van der Waals surface area contributed by atoms with Gasteiger partial charge in [-0.2, -0.15) is 5.10 Å². The van der Waals surface area contributed by atoms with E-state index in [4.69, 9.17) is 16.3 Å². The number of ether oxygens (including phenoxy) is 1. The Morgan fingerprint density at radius 2 is 1.74 bits per heavy atom. The van der Waals surface area contributed by atoms with Crippen molar-refractivity contribution in [1.29, 1.82) is 0 Å². The lowest BCUT2D eigenvalue weighted by Crippen LogP contribution is -2.44. The number of benzene rings is 1. The predicted octanol–water partition coefficient (Wildman–Crippen LogP) is 4.27. The van der Waals surface area contributed by atoms with Crippen molar-refractivity contribution >= 4 is 25.4 Å². The molecule has 0 spiro atoms. The third-order valence-corrected chi connectivity index (χ3v) is 6.98. The van der Waals surface area contributed by atoms with Gasteiger partial charge in [-0.1, -0.05) is 43.4 Å². The molecule has 7 heteroatoms. The molecule has 1 aliphatic heterocycles. The highest BCUT2D eigenvalue weighted by Gasteiger charge is 2.15. The second kappa shape index (κ2) is 8.77. The molecule has 1 fully saturated rings. The number of likely N-dealkylation sites (N-methyl/N-ethyl adjacent to an activating group) is 1. The average molecular weight is 407 g/mol. The van der Waals surface area contributed by atoms with Crippen LogP contribution in [-0.2, 0) is 11.5 Å². The summed E-state index contributed by atoms with van der Waals surface area (Å²) in [5.74, 6) is 0. The molecule has 0 radical (unpaired) electrons. The zero-order valence-corrected chi connectivity index (χ0v) is 18.7. The summed E-state index contributed by atoms with van der Waals surface area (Å²) in [4.78, 5) is 4.80. The molecule has 0 N–H and O–H groups in total. The summed E-state index contributed by atoms with van der Waals surface area (Å²) in [6.07, 6.45) is 0. The Hall–Kier alpha value is -1.34. The average Bonchev–Trinajstić information content (AvgIpc) is 3.00. The fourth-order valence-electron chi connectivity index (χ4n) is 3.06. The van der Waals surface area contributed by atoms with Gasteiger partial charge in [-0.15, -0.1) is 0 Å². The molecule has 1 aromatic carbocycles. The first-order valence-electron chi connectivity index (χ1n) is 9.67. The fraction of sp³-hybridized carbons (Fsp3) is 0.550. The Morgan fingerprint density at radius 1 is 1.07 bits per heavy atom. The van der Waals surface area contributed by atoms with Crippen LogP contribution in [0.15, 0.2) is 30.3 Å². The molecule has 27 heavy (non-hydrogen) atoms. The van der Waals surface area contributed by atoms with E-state index >= 15 is 0 Å². The molecule has 0 aliphatic carbocycles. The molecule has 148 valence electrons. The molecule has 3 rings (SSSR count). The first-order chi connectivity index (χ1) is 12.8. The zero-order valence-electron chi connectivity index (χ0n) is 16.9. The van der Waals surface area contributed by atoms with E-state index in [1.54, 1.807) is 4.68 Å². The third-order valence-electron chi connectivity index (χ3n) is 4.97. The van der Waals surface area contributed by atoms with Crippen LogP contribution in [0.4, 0.5) is 5.69 Å². The maximum Gasteiger partial charge on any atom is 0.141 e. The van der Waals surface area contributed by atoms with Gasteiger partial charge in [0.15, 0.2) is 0 Å². The summed E-state index contributed by atoms with van der Waals surface area (Å²) in [6, 6.07) is 11.7. The molecule has 1 saturated heterocycles. The van der Waals surface area contributed by atoms with E-state index in [1.165, 1.54) is 5.69 Å². The summed E-state index contributed by atoms with van der Waals surface area (Å²) >= 11 is 6.35. The number of piperazine rings is 1. The van der Waals surface area contributed by atoms with E-state index in [-0.39, 0.29) is 0 Å². The second-order valence-corrected chi connectivity index (χ2v) is 14.5.